The van der Waals surface area contributed by atoms with Crippen LogP contribution in [0.25, 0.3) is 0 Å². The van der Waals surface area contributed by atoms with E-state index < -0.39 is 5.97 Å². The Bertz CT molecular complexity index is 840. The van der Waals surface area contributed by atoms with Crippen molar-refractivity contribution in [3.8, 4) is 0 Å². The molecule has 2 aromatic rings. The maximum atomic E-state index is 12.6. The molecule has 3 rings (SSSR count). The van der Waals surface area contributed by atoms with Gasteiger partial charge in [0.05, 0.1) is 17.6 Å². The molecule has 7 heteroatoms. The van der Waals surface area contributed by atoms with Crippen molar-refractivity contribution >= 4 is 34.8 Å². The molecule has 1 fully saturated rings. The highest BCUT2D eigenvalue weighted by molar-refractivity contribution is 7.12. The maximum Gasteiger partial charge on any atom is 0.338 e. The molecule has 27 heavy (non-hydrogen) atoms. The van der Waals surface area contributed by atoms with E-state index in [9.17, 15) is 14.4 Å². The van der Waals surface area contributed by atoms with Crippen LogP contribution < -0.4 is 5.32 Å². The van der Waals surface area contributed by atoms with Gasteiger partial charge in [-0.1, -0.05) is 12.1 Å². The summed E-state index contributed by atoms with van der Waals surface area (Å²) >= 11 is 1.43. The fourth-order valence-corrected chi connectivity index (χ4v) is 3.93. The second-order valence-electron chi connectivity index (χ2n) is 6.50. The normalized spacial score (nSPS) is 14.7. The lowest BCUT2D eigenvalue weighted by Crippen LogP contribution is -2.41. The van der Waals surface area contributed by atoms with Gasteiger partial charge >= 0.3 is 5.97 Å². The molecule has 1 aromatic carbocycles. The van der Waals surface area contributed by atoms with Crippen LogP contribution in [-0.2, 0) is 9.53 Å². The summed E-state index contributed by atoms with van der Waals surface area (Å²) < 4.78 is 4.77. The van der Waals surface area contributed by atoms with Gasteiger partial charge in [-0.15, -0.1) is 11.3 Å². The summed E-state index contributed by atoms with van der Waals surface area (Å²) in [5, 5.41) is 4.81. The second-order valence-corrected chi connectivity index (χ2v) is 7.45. The summed E-state index contributed by atoms with van der Waals surface area (Å²) in [7, 11) is 1.33. The molecule has 0 spiro atoms. The average molecular weight is 386 g/mol. The van der Waals surface area contributed by atoms with Crippen LogP contribution in [0.2, 0.25) is 0 Å². The number of thiophene rings is 1. The summed E-state index contributed by atoms with van der Waals surface area (Å²) in [5.41, 5.74) is 1.73. The van der Waals surface area contributed by atoms with Crippen LogP contribution in [0.15, 0.2) is 35.7 Å². The molecule has 142 valence electrons. The number of carbonyl (C=O) groups excluding carboxylic acids is 3. The molecule has 2 amide bonds. The maximum absolute atomic E-state index is 12.6. The van der Waals surface area contributed by atoms with Crippen LogP contribution in [0.4, 0.5) is 5.69 Å². The zero-order chi connectivity index (χ0) is 19.4. The van der Waals surface area contributed by atoms with Crippen LogP contribution in [0.3, 0.4) is 0 Å². The Morgan fingerprint density at radius 3 is 2.52 bits per heavy atom. The van der Waals surface area contributed by atoms with Crippen LogP contribution in [0, 0.1) is 12.8 Å². The Morgan fingerprint density at radius 2 is 1.89 bits per heavy atom. The zero-order valence-electron chi connectivity index (χ0n) is 15.4. The second kappa shape index (κ2) is 8.35. The third-order valence-corrected chi connectivity index (χ3v) is 5.74. The summed E-state index contributed by atoms with van der Waals surface area (Å²) in [6.45, 7) is 2.91. The number of likely N-dealkylation sites (tertiary alicyclic amines) is 1. The number of benzene rings is 1. The zero-order valence-corrected chi connectivity index (χ0v) is 16.2. The van der Waals surface area contributed by atoms with E-state index in [-0.39, 0.29) is 17.7 Å². The first kappa shape index (κ1) is 19.1. The molecule has 2 heterocycles. The predicted molar refractivity (Wildman–Crippen MR) is 104 cm³/mol. The monoisotopic (exact) mass is 386 g/mol. The SMILES string of the molecule is COC(=O)c1cccc(NC(=O)C2CCN(C(=O)c3cccs3)CC2)c1C. The molecular formula is C20H22N2O4S. The quantitative estimate of drug-likeness (QED) is 0.818. The summed E-state index contributed by atoms with van der Waals surface area (Å²) in [5.74, 6) is -0.628. The summed E-state index contributed by atoms with van der Waals surface area (Å²) in [6, 6.07) is 8.85. The Hall–Kier alpha value is -2.67. The van der Waals surface area contributed by atoms with E-state index in [1.54, 1.807) is 30.0 Å². The van der Waals surface area contributed by atoms with Crippen LogP contribution in [0.1, 0.15) is 38.4 Å². The Balaban J connectivity index is 1.60. The van der Waals surface area contributed by atoms with E-state index in [4.69, 9.17) is 4.74 Å². The summed E-state index contributed by atoms with van der Waals surface area (Å²) in [6.07, 6.45) is 1.25. The van der Waals surface area contributed by atoms with Crippen molar-refractivity contribution in [3.05, 3.63) is 51.7 Å². The van der Waals surface area contributed by atoms with Gasteiger partial charge in [-0.2, -0.15) is 0 Å². The molecule has 0 atom stereocenters. The number of carbonyl (C=O) groups is 3. The number of amides is 2. The molecule has 0 saturated carbocycles. The van der Waals surface area contributed by atoms with E-state index in [0.29, 0.717) is 42.7 Å². The van der Waals surface area contributed by atoms with Gasteiger partial charge in [-0.25, -0.2) is 4.79 Å². The number of nitrogens with zero attached hydrogens (tertiary/aromatic N) is 1. The molecule has 0 aliphatic carbocycles. The molecular weight excluding hydrogens is 364 g/mol. The van der Waals surface area contributed by atoms with Gasteiger partial charge in [0.15, 0.2) is 0 Å². The minimum atomic E-state index is -0.427. The van der Waals surface area contributed by atoms with Crippen LogP contribution in [-0.4, -0.2) is 42.9 Å². The molecule has 0 unspecified atom stereocenters. The highest BCUT2D eigenvalue weighted by Gasteiger charge is 2.28. The van der Waals surface area contributed by atoms with Crippen LogP contribution >= 0.6 is 11.3 Å². The molecule has 1 N–H and O–H groups in total. The number of hydrogen-bond donors (Lipinski definition) is 1. The minimum absolute atomic E-state index is 0.0329. The van der Waals surface area contributed by atoms with E-state index in [1.165, 1.54) is 18.4 Å². The number of nitrogens with one attached hydrogen (secondary N) is 1. The first-order valence-electron chi connectivity index (χ1n) is 8.83. The lowest BCUT2D eigenvalue weighted by molar-refractivity contribution is -0.121. The molecule has 1 saturated heterocycles. The van der Waals surface area contributed by atoms with Gasteiger partial charge in [0.1, 0.15) is 0 Å². The van der Waals surface area contributed by atoms with Crippen molar-refractivity contribution in [2.45, 2.75) is 19.8 Å². The highest BCUT2D eigenvalue weighted by Crippen LogP contribution is 2.24. The fourth-order valence-electron chi connectivity index (χ4n) is 3.24. The molecule has 6 nitrogen and oxygen atoms in total. The summed E-state index contributed by atoms with van der Waals surface area (Å²) in [4.78, 5) is 39.4. The number of anilines is 1. The number of methoxy groups -OCH3 is 1. The molecule has 1 aliphatic heterocycles. The van der Waals surface area contributed by atoms with Gasteiger partial charge in [0.25, 0.3) is 5.91 Å². The first-order valence-corrected chi connectivity index (χ1v) is 9.70. The average Bonchev–Trinajstić information content (AvgIpc) is 3.23. The van der Waals surface area contributed by atoms with Crippen molar-refractivity contribution < 1.29 is 19.1 Å². The van der Waals surface area contributed by atoms with E-state index in [0.717, 1.165) is 4.88 Å². The van der Waals surface area contributed by atoms with Crippen molar-refractivity contribution in [1.29, 1.82) is 0 Å². The van der Waals surface area contributed by atoms with Crippen molar-refractivity contribution in [2.75, 3.05) is 25.5 Å². The van der Waals surface area contributed by atoms with Crippen molar-refractivity contribution in [2.24, 2.45) is 5.92 Å². The fraction of sp³-hybridized carbons (Fsp3) is 0.350. The lowest BCUT2D eigenvalue weighted by Gasteiger charge is -2.31. The van der Waals surface area contributed by atoms with E-state index in [2.05, 4.69) is 5.32 Å². The highest BCUT2D eigenvalue weighted by atomic mass is 32.1. The predicted octanol–water partition coefficient (Wildman–Crippen LogP) is 3.33. The standard InChI is InChI=1S/C20H22N2O4S/c1-13-15(20(25)26-2)5-3-6-16(13)21-18(23)14-8-10-22(11-9-14)19(24)17-7-4-12-27-17/h3-7,12,14H,8-11H2,1-2H3,(H,21,23). The number of rotatable bonds is 4. The topological polar surface area (TPSA) is 75.7 Å². The van der Waals surface area contributed by atoms with Gasteiger partial charge in [0.2, 0.25) is 5.91 Å². The number of piperidine rings is 1. The van der Waals surface area contributed by atoms with E-state index >= 15 is 0 Å². The van der Waals surface area contributed by atoms with Gasteiger partial charge < -0.3 is 15.0 Å². The van der Waals surface area contributed by atoms with Gasteiger partial charge in [-0.3, -0.25) is 9.59 Å². The Labute approximate surface area is 162 Å². The van der Waals surface area contributed by atoms with Crippen LogP contribution in [0.5, 0.6) is 0 Å². The first-order chi connectivity index (χ1) is 13.0. The van der Waals surface area contributed by atoms with Gasteiger partial charge in [0, 0.05) is 24.7 Å². The van der Waals surface area contributed by atoms with Gasteiger partial charge in [-0.05, 0) is 48.9 Å². The molecule has 0 radical (unpaired) electrons. The molecule has 1 aromatic heterocycles. The van der Waals surface area contributed by atoms with Crippen molar-refractivity contribution in [1.82, 2.24) is 4.90 Å². The lowest BCUT2D eigenvalue weighted by atomic mass is 9.95. The Kier molecular flexibility index (Phi) is 5.91. The third-order valence-electron chi connectivity index (χ3n) is 4.88. The molecule has 1 aliphatic rings. The number of ether oxygens (including phenoxy) is 1. The number of esters is 1. The van der Waals surface area contributed by atoms with Crippen molar-refractivity contribution in [3.63, 3.8) is 0 Å². The molecule has 0 bridgehead atoms. The largest absolute Gasteiger partial charge is 0.465 e. The number of hydrogen-bond acceptors (Lipinski definition) is 5. The Morgan fingerprint density at radius 1 is 1.15 bits per heavy atom. The minimum Gasteiger partial charge on any atom is -0.465 e. The van der Waals surface area contributed by atoms with E-state index in [1.807, 2.05) is 17.5 Å². The third kappa shape index (κ3) is 4.19. The smallest absolute Gasteiger partial charge is 0.338 e.